The molecule has 16 aromatic rings. The Morgan fingerprint density at radius 2 is 0.656 bits per heavy atom. The molecule has 20 rings (SSSR count). The second-order valence-electron chi connectivity index (χ2n) is 23.5. The number of hydrogen-bond donors (Lipinski definition) is 0. The SMILES string of the molecule is c1ccc(-c2nc(-c3ccc(-c4ccccn4)cc3)nc(N3c4ccccc4C4(c5cccnc53)c3ccsc3-c3sccc34)n2)cc1.c1ccc(-c2nc(-c3cccc(N4c5ccccc5C5(c6cccnc64)c4ccsc4-c4sccc45)c3)nc(-c3ccccn3)n2)cc1. The molecule has 0 atom stereocenters. The molecule has 12 nitrogen and oxygen atoms in total. The number of hydrogen-bond acceptors (Lipinski definition) is 16. The Balaban J connectivity index is 0.000000135. The Morgan fingerprint density at radius 1 is 0.260 bits per heavy atom. The fourth-order valence-corrected chi connectivity index (χ4v) is 18.7. The molecule has 0 N–H and O–H groups in total. The summed E-state index contributed by atoms with van der Waals surface area (Å²) in [6, 6.07) is 83.6. The summed E-state index contributed by atoms with van der Waals surface area (Å²) in [5.41, 5.74) is 18.4. The van der Waals surface area contributed by atoms with Gasteiger partial charge in [-0.25, -0.2) is 29.9 Å². The lowest BCUT2D eigenvalue weighted by atomic mass is 9.66. The van der Waals surface area contributed by atoms with Crippen LogP contribution in [0.5, 0.6) is 0 Å². The van der Waals surface area contributed by atoms with E-state index in [0.29, 0.717) is 40.8 Å². The summed E-state index contributed by atoms with van der Waals surface area (Å²) in [5.74, 6) is 5.14. The highest BCUT2D eigenvalue weighted by molar-refractivity contribution is 7.21. The predicted molar refractivity (Wildman–Crippen MR) is 386 cm³/mol. The van der Waals surface area contributed by atoms with E-state index in [1.54, 1.807) is 6.20 Å². The molecule has 0 unspecified atom stereocenters. The Hall–Kier alpha value is -11.7. The van der Waals surface area contributed by atoms with Crippen LogP contribution in [0.4, 0.5) is 34.6 Å². The van der Waals surface area contributed by atoms with Crippen molar-refractivity contribution in [1.29, 1.82) is 0 Å². The van der Waals surface area contributed by atoms with Gasteiger partial charge in [-0.15, -0.1) is 45.3 Å². The smallest absolute Gasteiger partial charge is 0.239 e. The zero-order chi connectivity index (χ0) is 63.3. The van der Waals surface area contributed by atoms with Crippen LogP contribution in [-0.4, -0.2) is 49.8 Å². The number of thiophene rings is 4. The average Bonchev–Trinajstić information content (AvgIpc) is 1.46. The molecule has 0 saturated carbocycles. The van der Waals surface area contributed by atoms with Gasteiger partial charge in [0.25, 0.3) is 0 Å². The minimum atomic E-state index is -0.485. The van der Waals surface area contributed by atoms with Crippen LogP contribution in [0.25, 0.3) is 87.8 Å². The molecule has 0 fully saturated rings. The predicted octanol–water partition coefficient (Wildman–Crippen LogP) is 19.9. The van der Waals surface area contributed by atoms with Crippen molar-refractivity contribution >= 4 is 80.0 Å². The largest absolute Gasteiger partial charge is 0.294 e. The fraction of sp³-hybridized carbons (Fsp3) is 0.0250. The van der Waals surface area contributed by atoms with Crippen LogP contribution in [0.1, 0.15) is 44.5 Å². The van der Waals surface area contributed by atoms with Crippen molar-refractivity contribution in [3.05, 3.63) is 333 Å². The Kier molecular flexibility index (Phi) is 13.1. The van der Waals surface area contributed by atoms with E-state index in [1.807, 2.05) is 167 Å². The van der Waals surface area contributed by atoms with Gasteiger partial charge < -0.3 is 0 Å². The van der Waals surface area contributed by atoms with Gasteiger partial charge in [0.15, 0.2) is 29.1 Å². The first kappa shape index (κ1) is 55.9. The van der Waals surface area contributed by atoms with E-state index in [4.69, 9.17) is 39.9 Å². The molecule has 0 saturated heterocycles. The van der Waals surface area contributed by atoms with E-state index >= 15 is 0 Å². The summed E-state index contributed by atoms with van der Waals surface area (Å²) in [6.07, 6.45) is 7.33. The molecule has 2 aliphatic heterocycles. The van der Waals surface area contributed by atoms with Gasteiger partial charge in [0, 0.05) is 88.9 Å². The normalized spacial score (nSPS) is 13.5. The Morgan fingerprint density at radius 3 is 1.18 bits per heavy atom. The van der Waals surface area contributed by atoms with Crippen LogP contribution < -0.4 is 9.80 Å². The third-order valence-corrected chi connectivity index (χ3v) is 22.5. The number of aromatic nitrogens is 10. The minimum Gasteiger partial charge on any atom is -0.294 e. The van der Waals surface area contributed by atoms with Gasteiger partial charge in [0.1, 0.15) is 17.3 Å². The van der Waals surface area contributed by atoms with E-state index in [2.05, 4.69) is 181 Å². The molecule has 96 heavy (non-hydrogen) atoms. The lowest BCUT2D eigenvalue weighted by molar-refractivity contribution is 0.744. The molecular weight excluding hydrogens is 1260 g/mol. The molecule has 4 aliphatic rings. The van der Waals surface area contributed by atoms with Gasteiger partial charge in [-0.1, -0.05) is 158 Å². The summed E-state index contributed by atoms with van der Waals surface area (Å²) in [7, 11) is 0. The third-order valence-electron chi connectivity index (χ3n) is 18.5. The van der Waals surface area contributed by atoms with Gasteiger partial charge in [0.05, 0.1) is 27.9 Å². The monoisotopic (exact) mass is 1300 g/mol. The zero-order valence-corrected chi connectivity index (χ0v) is 54.0. The highest BCUT2D eigenvalue weighted by Gasteiger charge is 2.55. The Bertz CT molecular complexity index is 5420. The summed E-state index contributed by atoms with van der Waals surface area (Å²) >= 11 is 7.27. The van der Waals surface area contributed by atoms with Crippen LogP contribution in [-0.2, 0) is 10.8 Å². The van der Waals surface area contributed by atoms with Crippen LogP contribution in [0.3, 0.4) is 0 Å². The molecule has 10 aromatic heterocycles. The number of para-hydroxylation sites is 2. The van der Waals surface area contributed by atoms with Crippen molar-refractivity contribution < 1.29 is 0 Å². The molecule has 0 bridgehead atoms. The van der Waals surface area contributed by atoms with Crippen LogP contribution >= 0.6 is 45.3 Å². The van der Waals surface area contributed by atoms with E-state index in [1.165, 1.54) is 58.5 Å². The third kappa shape index (κ3) is 8.56. The molecule has 2 aliphatic carbocycles. The van der Waals surface area contributed by atoms with Crippen molar-refractivity contribution in [3.8, 4) is 87.8 Å². The number of nitrogens with zero attached hydrogens (tertiary/aromatic N) is 12. The van der Waals surface area contributed by atoms with Crippen LogP contribution in [0.15, 0.2) is 289 Å². The highest BCUT2D eigenvalue weighted by atomic mass is 32.1. The standard InChI is InChI=1S/2C40H24N6S2/c1-2-10-25(11-3-1)36-43-37(45-38(44-36)32-16-6-7-20-41-32)26-12-8-13-27(24-26)46-33-17-5-4-14-28(33)40(31-15-9-21-42-39(31)46)29-18-22-47-34(29)35-30(40)19-23-48-35;1-2-9-26(10-3-1)36-43-37(27-17-15-25(16-18-27)32-13-6-7-21-41-32)45-39(44-36)46-33-14-5-4-11-28(33)40(31-12-8-22-42-38(31)46)29-19-23-47-34(29)35-30(40)20-24-48-35/h2*1-24H. The van der Waals surface area contributed by atoms with Gasteiger partial charge in [-0.05, 0) is 140 Å². The Labute approximate surface area is 567 Å². The van der Waals surface area contributed by atoms with Gasteiger partial charge in [-0.2, -0.15) is 9.97 Å². The lowest BCUT2D eigenvalue weighted by Crippen LogP contribution is -2.36. The molecule has 16 heteroatoms. The number of benzene rings is 6. The van der Waals surface area contributed by atoms with Gasteiger partial charge >= 0.3 is 0 Å². The van der Waals surface area contributed by atoms with Crippen molar-refractivity contribution in [2.75, 3.05) is 9.80 Å². The molecule has 2 spiro atoms. The van der Waals surface area contributed by atoms with Crippen molar-refractivity contribution in [1.82, 2.24) is 49.8 Å². The first-order valence-electron chi connectivity index (χ1n) is 31.3. The van der Waals surface area contributed by atoms with Crippen LogP contribution in [0.2, 0.25) is 0 Å². The summed E-state index contributed by atoms with van der Waals surface area (Å²) < 4.78 is 0. The maximum absolute atomic E-state index is 5.19. The maximum Gasteiger partial charge on any atom is 0.239 e. The summed E-state index contributed by atoms with van der Waals surface area (Å²) in [4.78, 5) is 59.2. The topological polar surface area (TPSA) is 135 Å². The van der Waals surface area contributed by atoms with E-state index in [0.717, 1.165) is 67.8 Å². The summed E-state index contributed by atoms with van der Waals surface area (Å²) in [6.45, 7) is 0. The average molecular weight is 1310 g/mol. The number of pyridine rings is 4. The quantitative estimate of drug-likeness (QED) is 0.143. The zero-order valence-electron chi connectivity index (χ0n) is 50.7. The summed E-state index contributed by atoms with van der Waals surface area (Å²) in [5, 5.41) is 8.87. The van der Waals surface area contributed by atoms with Gasteiger partial charge in [-0.3, -0.25) is 19.8 Å². The molecule has 0 amide bonds. The maximum atomic E-state index is 5.19. The van der Waals surface area contributed by atoms with Gasteiger partial charge in [0.2, 0.25) is 5.95 Å². The second-order valence-corrected chi connectivity index (χ2v) is 27.2. The number of rotatable bonds is 8. The second kappa shape index (κ2) is 22.5. The van der Waals surface area contributed by atoms with Crippen molar-refractivity contribution in [2.24, 2.45) is 0 Å². The number of anilines is 6. The molecule has 0 radical (unpaired) electrons. The lowest BCUT2D eigenvalue weighted by Gasteiger charge is -2.43. The molecule has 6 aromatic carbocycles. The molecular formula is C80H48N12S4. The highest BCUT2D eigenvalue weighted by Crippen LogP contribution is 2.67. The first-order chi connectivity index (χ1) is 47.6. The fourth-order valence-electron chi connectivity index (χ4n) is 14.5. The minimum absolute atomic E-state index is 0.435. The van der Waals surface area contributed by atoms with Crippen LogP contribution in [0, 0.1) is 0 Å². The molecule has 452 valence electrons. The first-order valence-corrected chi connectivity index (χ1v) is 34.8. The number of fused-ring (bicyclic) bond motifs is 18. The van der Waals surface area contributed by atoms with Crippen molar-refractivity contribution in [3.63, 3.8) is 0 Å². The van der Waals surface area contributed by atoms with E-state index in [-0.39, 0.29) is 0 Å². The molecule has 12 heterocycles. The van der Waals surface area contributed by atoms with E-state index in [9.17, 15) is 0 Å². The van der Waals surface area contributed by atoms with E-state index < -0.39 is 10.8 Å². The van der Waals surface area contributed by atoms with Crippen molar-refractivity contribution in [2.45, 2.75) is 10.8 Å².